The van der Waals surface area contributed by atoms with Gasteiger partial charge in [-0.15, -0.1) is 11.8 Å². The Bertz CT molecular complexity index is 379. The van der Waals surface area contributed by atoms with E-state index >= 15 is 0 Å². The van der Waals surface area contributed by atoms with Gasteiger partial charge in [-0.05, 0) is 55.6 Å². The molecule has 106 valence electrons. The molecule has 0 spiro atoms. The molecule has 1 aliphatic rings. The molecule has 0 radical (unpaired) electrons. The van der Waals surface area contributed by atoms with Crippen LogP contribution in [0, 0.1) is 5.41 Å². The zero-order valence-corrected chi connectivity index (χ0v) is 13.4. The second-order valence-corrected chi connectivity index (χ2v) is 6.82. The first kappa shape index (κ1) is 14.9. The molecule has 0 amide bonds. The number of nitrogens with one attached hydrogen (secondary N) is 1. The molecule has 2 rings (SSSR count). The summed E-state index contributed by atoms with van der Waals surface area (Å²) in [4.78, 5) is 1.34. The van der Waals surface area contributed by atoms with E-state index in [0.717, 1.165) is 0 Å². The van der Waals surface area contributed by atoms with Crippen LogP contribution in [-0.4, -0.2) is 12.8 Å². The highest BCUT2D eigenvalue weighted by atomic mass is 32.2. The van der Waals surface area contributed by atoms with Gasteiger partial charge in [-0.3, -0.25) is 0 Å². The second-order valence-electron chi connectivity index (χ2n) is 5.94. The predicted octanol–water partition coefficient (Wildman–Crippen LogP) is 5.03. The van der Waals surface area contributed by atoms with E-state index in [1.54, 1.807) is 11.8 Å². The molecular formula is C17H27NS. The first-order chi connectivity index (χ1) is 9.19. The van der Waals surface area contributed by atoms with Gasteiger partial charge < -0.3 is 5.32 Å². The summed E-state index contributed by atoms with van der Waals surface area (Å²) >= 11 is 1.81. The van der Waals surface area contributed by atoms with Gasteiger partial charge in [-0.2, -0.15) is 0 Å². The van der Waals surface area contributed by atoms with Crippen molar-refractivity contribution in [2.24, 2.45) is 5.41 Å². The molecule has 1 N–H and O–H groups in total. The molecule has 1 saturated carbocycles. The number of thioether (sulfide) groups is 1. The van der Waals surface area contributed by atoms with Crippen LogP contribution in [0.25, 0.3) is 0 Å². The lowest BCUT2D eigenvalue weighted by molar-refractivity contribution is 0.259. The van der Waals surface area contributed by atoms with E-state index < -0.39 is 0 Å². The van der Waals surface area contributed by atoms with Crippen molar-refractivity contribution >= 4 is 11.8 Å². The summed E-state index contributed by atoms with van der Waals surface area (Å²) < 4.78 is 0. The van der Waals surface area contributed by atoms with Gasteiger partial charge in [0.15, 0.2) is 0 Å². The summed E-state index contributed by atoms with van der Waals surface area (Å²) in [6.45, 7) is 5.81. The Labute approximate surface area is 122 Å². The third kappa shape index (κ3) is 3.76. The number of benzene rings is 1. The summed E-state index contributed by atoms with van der Waals surface area (Å²) in [6.07, 6.45) is 9.11. The molecule has 1 nitrogen and oxygen atoms in total. The van der Waals surface area contributed by atoms with Crippen LogP contribution in [0.4, 0.5) is 0 Å². The average molecular weight is 277 g/mol. The minimum Gasteiger partial charge on any atom is -0.310 e. The van der Waals surface area contributed by atoms with Gasteiger partial charge in [0.05, 0.1) is 0 Å². The molecule has 1 fully saturated rings. The quantitative estimate of drug-likeness (QED) is 0.732. The average Bonchev–Trinajstić information content (AvgIpc) is 2.94. The lowest BCUT2D eigenvalue weighted by atomic mass is 9.83. The monoisotopic (exact) mass is 277 g/mol. The maximum atomic E-state index is 3.76. The van der Waals surface area contributed by atoms with Gasteiger partial charge in [-0.25, -0.2) is 0 Å². The van der Waals surface area contributed by atoms with Gasteiger partial charge in [0.1, 0.15) is 0 Å². The summed E-state index contributed by atoms with van der Waals surface area (Å²) in [5, 5.41) is 3.76. The fraction of sp³-hybridized carbons (Fsp3) is 0.647. The van der Waals surface area contributed by atoms with E-state index in [-0.39, 0.29) is 0 Å². The fourth-order valence-electron chi connectivity index (χ4n) is 3.16. The smallest absolute Gasteiger partial charge is 0.0292 e. The fourth-order valence-corrected chi connectivity index (χ4v) is 3.57. The van der Waals surface area contributed by atoms with Crippen LogP contribution in [0.15, 0.2) is 29.2 Å². The van der Waals surface area contributed by atoms with Gasteiger partial charge in [0.25, 0.3) is 0 Å². The normalized spacial score (nSPS) is 19.5. The van der Waals surface area contributed by atoms with E-state index in [1.807, 2.05) is 0 Å². The highest BCUT2D eigenvalue weighted by Crippen LogP contribution is 2.40. The zero-order chi connectivity index (χ0) is 13.7. The Morgan fingerprint density at radius 1 is 1.21 bits per heavy atom. The molecule has 19 heavy (non-hydrogen) atoms. The summed E-state index contributed by atoms with van der Waals surface area (Å²) in [5.41, 5.74) is 1.98. The molecular weight excluding hydrogens is 250 g/mol. The number of hydrogen-bond acceptors (Lipinski definition) is 2. The lowest BCUT2D eigenvalue weighted by Crippen LogP contribution is -2.33. The Balaban J connectivity index is 1.91. The van der Waals surface area contributed by atoms with Gasteiger partial charge in [0.2, 0.25) is 0 Å². The predicted molar refractivity (Wildman–Crippen MR) is 85.8 cm³/mol. The Kier molecular flexibility index (Phi) is 5.35. The van der Waals surface area contributed by atoms with Crippen molar-refractivity contribution in [2.75, 3.05) is 12.8 Å². The minimum atomic E-state index is 0.458. The highest BCUT2D eigenvalue weighted by Gasteiger charge is 2.31. The van der Waals surface area contributed by atoms with Gasteiger partial charge in [0, 0.05) is 17.5 Å². The molecule has 1 aliphatic carbocycles. The van der Waals surface area contributed by atoms with Gasteiger partial charge >= 0.3 is 0 Å². The van der Waals surface area contributed by atoms with Crippen LogP contribution >= 0.6 is 11.8 Å². The molecule has 1 aromatic carbocycles. The van der Waals surface area contributed by atoms with E-state index in [9.17, 15) is 0 Å². The zero-order valence-electron chi connectivity index (χ0n) is 12.5. The van der Waals surface area contributed by atoms with Crippen molar-refractivity contribution < 1.29 is 0 Å². The lowest BCUT2D eigenvalue weighted by Gasteiger charge is -2.30. The van der Waals surface area contributed by atoms with Gasteiger partial charge in [-0.1, -0.05) is 31.9 Å². The van der Waals surface area contributed by atoms with E-state index in [4.69, 9.17) is 0 Å². The topological polar surface area (TPSA) is 12.0 Å². The van der Waals surface area contributed by atoms with Crippen molar-refractivity contribution in [1.29, 1.82) is 0 Å². The van der Waals surface area contributed by atoms with Crippen molar-refractivity contribution in [3.63, 3.8) is 0 Å². The van der Waals surface area contributed by atoms with Crippen LogP contribution in [0.3, 0.4) is 0 Å². The summed E-state index contributed by atoms with van der Waals surface area (Å²) in [6, 6.07) is 9.43. The molecule has 0 heterocycles. The highest BCUT2D eigenvalue weighted by molar-refractivity contribution is 7.98. The van der Waals surface area contributed by atoms with E-state index in [0.29, 0.717) is 11.5 Å². The Morgan fingerprint density at radius 3 is 2.37 bits per heavy atom. The molecule has 2 heteroatoms. The van der Waals surface area contributed by atoms with Crippen LogP contribution in [-0.2, 0) is 0 Å². The number of hydrogen-bond donors (Lipinski definition) is 1. The molecule has 0 bridgehead atoms. The molecule has 1 atom stereocenters. The summed E-state index contributed by atoms with van der Waals surface area (Å²) in [5.74, 6) is 0. The maximum absolute atomic E-state index is 3.76. The Morgan fingerprint density at radius 2 is 1.84 bits per heavy atom. The molecule has 0 aliphatic heterocycles. The van der Waals surface area contributed by atoms with Crippen molar-refractivity contribution in [3.05, 3.63) is 29.8 Å². The largest absolute Gasteiger partial charge is 0.310 e. The summed E-state index contributed by atoms with van der Waals surface area (Å²) in [7, 11) is 0. The third-order valence-electron chi connectivity index (χ3n) is 4.81. The van der Waals surface area contributed by atoms with Crippen molar-refractivity contribution in [2.45, 2.75) is 56.9 Å². The maximum Gasteiger partial charge on any atom is 0.0292 e. The Hall–Kier alpha value is -0.470. The number of rotatable bonds is 6. The van der Waals surface area contributed by atoms with Crippen LogP contribution < -0.4 is 5.32 Å². The molecule has 0 saturated heterocycles. The first-order valence-electron chi connectivity index (χ1n) is 7.56. The van der Waals surface area contributed by atoms with Crippen LogP contribution in [0.5, 0.6) is 0 Å². The van der Waals surface area contributed by atoms with E-state index in [1.165, 1.54) is 49.1 Å². The second kappa shape index (κ2) is 6.81. The SMILES string of the molecule is CCC1(CNC(C)c2ccc(SC)cc2)CCCC1. The molecule has 1 unspecified atom stereocenters. The third-order valence-corrected chi connectivity index (χ3v) is 5.56. The van der Waals surface area contributed by atoms with Crippen LogP contribution in [0.2, 0.25) is 0 Å². The van der Waals surface area contributed by atoms with E-state index in [2.05, 4.69) is 49.7 Å². The molecule has 0 aromatic heterocycles. The van der Waals surface area contributed by atoms with Crippen molar-refractivity contribution in [1.82, 2.24) is 5.32 Å². The standard InChI is InChI=1S/C17H27NS/c1-4-17(11-5-6-12-17)13-18-14(2)15-7-9-16(19-3)10-8-15/h7-10,14,18H,4-6,11-13H2,1-3H3. The van der Waals surface area contributed by atoms with Crippen LogP contribution in [0.1, 0.15) is 57.6 Å². The van der Waals surface area contributed by atoms with Crippen molar-refractivity contribution in [3.8, 4) is 0 Å². The first-order valence-corrected chi connectivity index (χ1v) is 8.79. The minimum absolute atomic E-state index is 0.458. The molecule has 1 aromatic rings.